The summed E-state index contributed by atoms with van der Waals surface area (Å²) in [6, 6.07) is 0.653. The van der Waals surface area contributed by atoms with Crippen LogP contribution in [-0.2, 0) is 0 Å². The fraction of sp³-hybridized carbons (Fsp3) is 1.00. The fourth-order valence-corrected chi connectivity index (χ4v) is 3.66. The van der Waals surface area contributed by atoms with Gasteiger partial charge in [0.1, 0.15) is 0 Å². The SMILES string of the molecule is CCC(C)N(CC)C1(CN)CCCC(C)(C)CC1. The van der Waals surface area contributed by atoms with Gasteiger partial charge < -0.3 is 5.73 Å². The Morgan fingerprint density at radius 3 is 2.28 bits per heavy atom. The molecule has 1 saturated carbocycles. The Bertz CT molecular complexity index is 249. The Labute approximate surface area is 114 Å². The van der Waals surface area contributed by atoms with Crippen molar-refractivity contribution in [3.63, 3.8) is 0 Å². The molecule has 0 aromatic carbocycles. The van der Waals surface area contributed by atoms with Crippen molar-refractivity contribution in [1.82, 2.24) is 4.90 Å². The maximum atomic E-state index is 6.22. The zero-order chi connectivity index (χ0) is 13.8. The van der Waals surface area contributed by atoms with Gasteiger partial charge in [0, 0.05) is 18.1 Å². The molecule has 2 heteroatoms. The van der Waals surface area contributed by atoms with Crippen molar-refractivity contribution < 1.29 is 0 Å². The molecular weight excluding hydrogens is 220 g/mol. The van der Waals surface area contributed by atoms with Crippen molar-refractivity contribution in [2.75, 3.05) is 13.1 Å². The predicted molar refractivity (Wildman–Crippen MR) is 80.8 cm³/mol. The van der Waals surface area contributed by atoms with Crippen LogP contribution in [0.2, 0.25) is 0 Å². The molecule has 1 aliphatic carbocycles. The molecule has 1 aliphatic rings. The van der Waals surface area contributed by atoms with E-state index in [-0.39, 0.29) is 5.54 Å². The predicted octanol–water partition coefficient (Wildman–Crippen LogP) is 3.79. The Balaban J connectivity index is 2.89. The number of nitrogens with two attached hydrogens (primary N) is 1. The normalized spacial score (nSPS) is 30.2. The molecule has 0 bridgehead atoms. The lowest BCUT2D eigenvalue weighted by molar-refractivity contribution is 0.0427. The van der Waals surface area contributed by atoms with Gasteiger partial charge in [0.25, 0.3) is 0 Å². The highest BCUT2D eigenvalue weighted by Crippen LogP contribution is 2.41. The third-order valence-corrected chi connectivity index (χ3v) is 5.22. The minimum atomic E-state index is 0.262. The monoisotopic (exact) mass is 254 g/mol. The molecule has 0 aromatic rings. The summed E-state index contributed by atoms with van der Waals surface area (Å²) >= 11 is 0. The molecule has 0 spiro atoms. The van der Waals surface area contributed by atoms with Gasteiger partial charge in [-0.15, -0.1) is 0 Å². The Morgan fingerprint density at radius 1 is 1.11 bits per heavy atom. The van der Waals surface area contributed by atoms with Gasteiger partial charge in [-0.3, -0.25) is 4.90 Å². The van der Waals surface area contributed by atoms with Crippen LogP contribution in [0.5, 0.6) is 0 Å². The van der Waals surface area contributed by atoms with Crippen LogP contribution < -0.4 is 5.73 Å². The number of hydrogen-bond acceptors (Lipinski definition) is 2. The standard InChI is InChI=1S/C16H34N2/c1-6-14(3)18(7-2)16(13-17)10-8-9-15(4,5)11-12-16/h14H,6-13,17H2,1-5H3. The summed E-state index contributed by atoms with van der Waals surface area (Å²) in [7, 11) is 0. The summed E-state index contributed by atoms with van der Waals surface area (Å²) in [5.74, 6) is 0. The van der Waals surface area contributed by atoms with E-state index in [1.165, 1.54) is 38.5 Å². The fourth-order valence-electron chi connectivity index (χ4n) is 3.66. The van der Waals surface area contributed by atoms with Gasteiger partial charge in [-0.1, -0.05) is 34.1 Å². The molecule has 108 valence electrons. The Kier molecular flexibility index (Phi) is 5.67. The molecular formula is C16H34N2. The van der Waals surface area contributed by atoms with Crippen LogP contribution in [0.15, 0.2) is 0 Å². The number of rotatable bonds is 5. The number of hydrogen-bond donors (Lipinski definition) is 1. The second kappa shape index (κ2) is 6.38. The first kappa shape index (κ1) is 16.0. The third-order valence-electron chi connectivity index (χ3n) is 5.22. The van der Waals surface area contributed by atoms with Gasteiger partial charge in [0.2, 0.25) is 0 Å². The average Bonchev–Trinajstić information content (AvgIpc) is 2.50. The minimum Gasteiger partial charge on any atom is -0.329 e. The van der Waals surface area contributed by atoms with Crippen molar-refractivity contribution in [2.24, 2.45) is 11.1 Å². The van der Waals surface area contributed by atoms with Gasteiger partial charge in [-0.25, -0.2) is 0 Å². The van der Waals surface area contributed by atoms with Gasteiger partial charge >= 0.3 is 0 Å². The van der Waals surface area contributed by atoms with Crippen LogP contribution in [0.25, 0.3) is 0 Å². The van der Waals surface area contributed by atoms with Gasteiger partial charge in [-0.2, -0.15) is 0 Å². The summed E-state index contributed by atoms with van der Waals surface area (Å²) in [6.07, 6.45) is 7.78. The number of likely N-dealkylation sites (N-methyl/N-ethyl adjacent to an activating group) is 1. The van der Waals surface area contributed by atoms with Crippen molar-refractivity contribution in [1.29, 1.82) is 0 Å². The second-order valence-corrected chi connectivity index (χ2v) is 6.99. The average molecular weight is 254 g/mol. The van der Waals surface area contributed by atoms with E-state index in [0.29, 0.717) is 11.5 Å². The highest BCUT2D eigenvalue weighted by atomic mass is 15.2. The van der Waals surface area contributed by atoms with E-state index in [1.54, 1.807) is 0 Å². The molecule has 0 aliphatic heterocycles. The largest absolute Gasteiger partial charge is 0.329 e. The molecule has 0 heterocycles. The highest BCUT2D eigenvalue weighted by molar-refractivity contribution is 4.97. The topological polar surface area (TPSA) is 29.3 Å². The summed E-state index contributed by atoms with van der Waals surface area (Å²) in [5, 5.41) is 0. The maximum Gasteiger partial charge on any atom is 0.0334 e. The molecule has 1 rings (SSSR count). The van der Waals surface area contributed by atoms with E-state index in [0.717, 1.165) is 13.1 Å². The van der Waals surface area contributed by atoms with E-state index >= 15 is 0 Å². The molecule has 1 fully saturated rings. The van der Waals surface area contributed by atoms with E-state index in [4.69, 9.17) is 5.73 Å². The lowest BCUT2D eigenvalue weighted by Crippen LogP contribution is -2.56. The third kappa shape index (κ3) is 3.48. The van der Waals surface area contributed by atoms with Crippen molar-refractivity contribution in [2.45, 2.75) is 84.7 Å². The maximum absolute atomic E-state index is 6.22. The van der Waals surface area contributed by atoms with Gasteiger partial charge in [-0.05, 0) is 51.0 Å². The molecule has 0 amide bonds. The number of nitrogens with zero attached hydrogens (tertiary/aromatic N) is 1. The first-order chi connectivity index (χ1) is 8.40. The van der Waals surface area contributed by atoms with Crippen LogP contribution in [0, 0.1) is 5.41 Å². The van der Waals surface area contributed by atoms with Crippen molar-refractivity contribution >= 4 is 0 Å². The minimum absolute atomic E-state index is 0.262. The second-order valence-electron chi connectivity index (χ2n) is 6.99. The molecule has 0 saturated heterocycles. The van der Waals surface area contributed by atoms with Crippen LogP contribution in [0.4, 0.5) is 0 Å². The van der Waals surface area contributed by atoms with Crippen LogP contribution in [0.3, 0.4) is 0 Å². The Hall–Kier alpha value is -0.0800. The molecule has 2 atom stereocenters. The van der Waals surface area contributed by atoms with Crippen LogP contribution >= 0.6 is 0 Å². The van der Waals surface area contributed by atoms with Gasteiger partial charge in [0.05, 0.1) is 0 Å². The van der Waals surface area contributed by atoms with Gasteiger partial charge in [0.15, 0.2) is 0 Å². The zero-order valence-electron chi connectivity index (χ0n) is 13.3. The summed E-state index contributed by atoms with van der Waals surface area (Å²) in [5.41, 5.74) is 6.99. The Morgan fingerprint density at radius 2 is 1.78 bits per heavy atom. The van der Waals surface area contributed by atoms with Crippen molar-refractivity contribution in [3.8, 4) is 0 Å². The first-order valence-corrected chi connectivity index (χ1v) is 7.87. The summed E-state index contributed by atoms with van der Waals surface area (Å²) in [4.78, 5) is 2.69. The summed E-state index contributed by atoms with van der Waals surface area (Å²) in [6.45, 7) is 13.7. The first-order valence-electron chi connectivity index (χ1n) is 7.87. The molecule has 0 radical (unpaired) electrons. The molecule has 0 aromatic heterocycles. The van der Waals surface area contributed by atoms with E-state index in [2.05, 4.69) is 39.5 Å². The molecule has 2 unspecified atom stereocenters. The smallest absolute Gasteiger partial charge is 0.0334 e. The lowest BCUT2D eigenvalue weighted by Gasteiger charge is -2.46. The van der Waals surface area contributed by atoms with Crippen molar-refractivity contribution in [3.05, 3.63) is 0 Å². The van der Waals surface area contributed by atoms with Crippen LogP contribution in [0.1, 0.15) is 73.1 Å². The quantitative estimate of drug-likeness (QED) is 0.756. The summed E-state index contributed by atoms with van der Waals surface area (Å²) < 4.78 is 0. The molecule has 18 heavy (non-hydrogen) atoms. The molecule has 2 nitrogen and oxygen atoms in total. The molecule has 2 N–H and O–H groups in total. The van der Waals surface area contributed by atoms with Crippen LogP contribution in [-0.4, -0.2) is 29.6 Å². The highest BCUT2D eigenvalue weighted by Gasteiger charge is 2.39. The van der Waals surface area contributed by atoms with E-state index in [9.17, 15) is 0 Å². The van der Waals surface area contributed by atoms with E-state index < -0.39 is 0 Å². The van der Waals surface area contributed by atoms with E-state index in [1.807, 2.05) is 0 Å². The zero-order valence-corrected chi connectivity index (χ0v) is 13.3. The lowest BCUT2D eigenvalue weighted by atomic mass is 9.82.